The average molecular weight is 402 g/mol. The summed E-state index contributed by atoms with van der Waals surface area (Å²) in [5.74, 6) is 0.415. The Balaban J connectivity index is 1.42. The Bertz CT molecular complexity index is 999. The zero-order chi connectivity index (χ0) is 19.5. The van der Waals surface area contributed by atoms with Gasteiger partial charge in [0.2, 0.25) is 0 Å². The van der Waals surface area contributed by atoms with Gasteiger partial charge < -0.3 is 15.2 Å². The molecule has 2 heterocycles. The molecule has 0 spiro atoms. The third-order valence-electron chi connectivity index (χ3n) is 5.02. The molecule has 0 atom stereocenters. The molecule has 1 fully saturated rings. The van der Waals surface area contributed by atoms with Crippen molar-refractivity contribution in [2.24, 2.45) is 0 Å². The SMILES string of the molecule is O=C(NCCc1nc2cccnc2n1C1CCCC1)Nc1ccc(F)c(Cl)c1. The Hall–Kier alpha value is -2.67. The number of nitrogens with one attached hydrogen (secondary N) is 2. The number of nitrogens with zero attached hydrogens (tertiary/aromatic N) is 3. The molecule has 3 aromatic rings. The molecule has 1 aliphatic rings. The molecule has 28 heavy (non-hydrogen) atoms. The zero-order valence-corrected chi connectivity index (χ0v) is 16.0. The number of benzene rings is 1. The van der Waals surface area contributed by atoms with Crippen molar-refractivity contribution in [3.05, 3.63) is 53.2 Å². The van der Waals surface area contributed by atoms with E-state index in [1.165, 1.54) is 31.0 Å². The molecule has 2 amide bonds. The minimum absolute atomic E-state index is 0.0319. The number of halogens is 2. The predicted molar refractivity (Wildman–Crippen MR) is 107 cm³/mol. The third-order valence-corrected chi connectivity index (χ3v) is 5.31. The van der Waals surface area contributed by atoms with Gasteiger partial charge in [0.25, 0.3) is 0 Å². The molecule has 2 N–H and O–H groups in total. The van der Waals surface area contributed by atoms with Crippen LogP contribution in [0.5, 0.6) is 0 Å². The Kier molecular flexibility index (Phi) is 5.43. The molecule has 0 aliphatic heterocycles. The van der Waals surface area contributed by atoms with Crippen LogP contribution < -0.4 is 10.6 Å². The normalized spacial score (nSPS) is 14.5. The number of amides is 2. The fourth-order valence-electron chi connectivity index (χ4n) is 3.74. The summed E-state index contributed by atoms with van der Waals surface area (Å²) in [5, 5.41) is 5.44. The lowest BCUT2D eigenvalue weighted by Gasteiger charge is -2.16. The summed E-state index contributed by atoms with van der Waals surface area (Å²) >= 11 is 5.74. The van der Waals surface area contributed by atoms with Crippen LogP contribution in [0.15, 0.2) is 36.5 Å². The van der Waals surface area contributed by atoms with Crippen LogP contribution in [-0.4, -0.2) is 27.1 Å². The highest BCUT2D eigenvalue weighted by Crippen LogP contribution is 2.33. The summed E-state index contributed by atoms with van der Waals surface area (Å²) in [5.41, 5.74) is 2.23. The van der Waals surface area contributed by atoms with Crippen molar-refractivity contribution in [3.8, 4) is 0 Å². The number of rotatable bonds is 5. The molecule has 0 bridgehead atoms. The highest BCUT2D eigenvalue weighted by molar-refractivity contribution is 6.31. The van der Waals surface area contributed by atoms with E-state index in [0.717, 1.165) is 29.8 Å². The van der Waals surface area contributed by atoms with E-state index in [1.54, 1.807) is 6.20 Å². The molecule has 0 saturated heterocycles. The van der Waals surface area contributed by atoms with Gasteiger partial charge in [-0.2, -0.15) is 0 Å². The minimum Gasteiger partial charge on any atom is -0.337 e. The highest BCUT2D eigenvalue weighted by Gasteiger charge is 2.23. The van der Waals surface area contributed by atoms with E-state index in [4.69, 9.17) is 16.6 Å². The lowest BCUT2D eigenvalue weighted by Crippen LogP contribution is -2.31. The van der Waals surface area contributed by atoms with Crippen LogP contribution in [0.1, 0.15) is 37.5 Å². The van der Waals surface area contributed by atoms with Crippen molar-refractivity contribution in [2.45, 2.75) is 38.1 Å². The maximum Gasteiger partial charge on any atom is 0.319 e. The summed E-state index contributed by atoms with van der Waals surface area (Å²) in [6, 6.07) is 7.96. The number of pyridine rings is 1. The number of urea groups is 1. The van der Waals surface area contributed by atoms with Gasteiger partial charge in [-0.1, -0.05) is 24.4 Å². The second kappa shape index (κ2) is 8.14. The van der Waals surface area contributed by atoms with Crippen molar-refractivity contribution < 1.29 is 9.18 Å². The molecule has 1 saturated carbocycles. The van der Waals surface area contributed by atoms with Crippen molar-refractivity contribution in [2.75, 3.05) is 11.9 Å². The van der Waals surface area contributed by atoms with Gasteiger partial charge in [-0.05, 0) is 43.2 Å². The van der Waals surface area contributed by atoms with Gasteiger partial charge in [-0.25, -0.2) is 19.2 Å². The van der Waals surface area contributed by atoms with Crippen LogP contribution in [0.4, 0.5) is 14.9 Å². The fraction of sp³-hybridized carbons (Fsp3) is 0.350. The lowest BCUT2D eigenvalue weighted by molar-refractivity contribution is 0.252. The summed E-state index contributed by atoms with van der Waals surface area (Å²) < 4.78 is 15.4. The van der Waals surface area contributed by atoms with Crippen molar-refractivity contribution in [1.29, 1.82) is 0 Å². The zero-order valence-electron chi connectivity index (χ0n) is 15.3. The first kappa shape index (κ1) is 18.7. The summed E-state index contributed by atoms with van der Waals surface area (Å²) in [6.07, 6.45) is 7.10. The molecule has 1 aliphatic carbocycles. The second-order valence-electron chi connectivity index (χ2n) is 6.94. The van der Waals surface area contributed by atoms with E-state index in [-0.39, 0.29) is 11.1 Å². The molecule has 0 unspecified atom stereocenters. The third kappa shape index (κ3) is 3.94. The first-order valence-corrected chi connectivity index (χ1v) is 9.81. The Morgan fingerprint density at radius 2 is 2.11 bits per heavy atom. The number of hydrogen-bond acceptors (Lipinski definition) is 3. The molecule has 6 nitrogen and oxygen atoms in total. The number of fused-ring (bicyclic) bond motifs is 1. The maximum absolute atomic E-state index is 13.2. The van der Waals surface area contributed by atoms with Gasteiger partial charge in [0.05, 0.1) is 5.02 Å². The molecular formula is C20H21ClFN5O. The second-order valence-corrected chi connectivity index (χ2v) is 7.35. The van der Waals surface area contributed by atoms with E-state index >= 15 is 0 Å². The van der Waals surface area contributed by atoms with E-state index in [9.17, 15) is 9.18 Å². The first-order valence-electron chi connectivity index (χ1n) is 9.43. The number of hydrogen-bond donors (Lipinski definition) is 2. The van der Waals surface area contributed by atoms with Gasteiger partial charge in [-0.3, -0.25) is 0 Å². The van der Waals surface area contributed by atoms with E-state index in [1.807, 2.05) is 12.1 Å². The Morgan fingerprint density at radius 1 is 1.29 bits per heavy atom. The molecule has 1 aromatic carbocycles. The first-order chi connectivity index (χ1) is 13.6. The highest BCUT2D eigenvalue weighted by atomic mass is 35.5. The number of aromatic nitrogens is 3. The number of carbonyl (C=O) groups is 1. The van der Waals surface area contributed by atoms with Crippen LogP contribution in [0.2, 0.25) is 5.02 Å². The Labute approximate surface area is 167 Å². The standard InChI is InChI=1S/C20H21ClFN5O/c21-15-12-13(7-8-16(15)22)25-20(28)24-11-9-18-26-17-6-3-10-23-19(17)27(18)14-4-1-2-5-14/h3,6-8,10,12,14H,1-2,4-5,9,11H2,(H2,24,25,28). The van der Waals surface area contributed by atoms with Crippen LogP contribution in [0.3, 0.4) is 0 Å². The monoisotopic (exact) mass is 401 g/mol. The molecule has 0 radical (unpaired) electrons. The predicted octanol–water partition coefficient (Wildman–Crippen LogP) is 4.70. The Morgan fingerprint density at radius 3 is 2.89 bits per heavy atom. The van der Waals surface area contributed by atoms with Crippen LogP contribution in [-0.2, 0) is 6.42 Å². The maximum atomic E-state index is 13.2. The molecule has 8 heteroatoms. The van der Waals surface area contributed by atoms with Gasteiger partial charge in [0, 0.05) is 30.9 Å². The number of imidazole rings is 1. The summed E-state index contributed by atoms with van der Waals surface area (Å²) in [4.78, 5) is 21.4. The van der Waals surface area contributed by atoms with Crippen LogP contribution >= 0.6 is 11.6 Å². The van der Waals surface area contributed by atoms with E-state index < -0.39 is 5.82 Å². The average Bonchev–Trinajstić information content (AvgIpc) is 3.31. The number of anilines is 1. The fourth-order valence-corrected chi connectivity index (χ4v) is 3.92. The smallest absolute Gasteiger partial charge is 0.319 e. The molecular weight excluding hydrogens is 381 g/mol. The minimum atomic E-state index is -0.521. The van der Waals surface area contributed by atoms with Crippen molar-refractivity contribution in [1.82, 2.24) is 19.9 Å². The quantitative estimate of drug-likeness (QED) is 0.650. The summed E-state index contributed by atoms with van der Waals surface area (Å²) in [7, 11) is 0. The van der Waals surface area contributed by atoms with Crippen LogP contribution in [0, 0.1) is 5.82 Å². The molecule has 4 rings (SSSR count). The summed E-state index contributed by atoms with van der Waals surface area (Å²) in [6.45, 7) is 0.427. The molecule has 2 aromatic heterocycles. The largest absolute Gasteiger partial charge is 0.337 e. The topological polar surface area (TPSA) is 71.8 Å². The van der Waals surface area contributed by atoms with E-state index in [2.05, 4.69) is 20.2 Å². The van der Waals surface area contributed by atoms with Gasteiger partial charge in [-0.15, -0.1) is 0 Å². The van der Waals surface area contributed by atoms with Gasteiger partial charge in [0.15, 0.2) is 5.65 Å². The van der Waals surface area contributed by atoms with E-state index in [0.29, 0.717) is 24.7 Å². The number of carbonyl (C=O) groups excluding carboxylic acids is 1. The van der Waals surface area contributed by atoms with Gasteiger partial charge in [0.1, 0.15) is 17.2 Å². The van der Waals surface area contributed by atoms with Crippen LogP contribution in [0.25, 0.3) is 11.2 Å². The lowest BCUT2D eigenvalue weighted by atomic mass is 10.2. The van der Waals surface area contributed by atoms with Gasteiger partial charge >= 0.3 is 6.03 Å². The van der Waals surface area contributed by atoms with Crippen molar-refractivity contribution in [3.63, 3.8) is 0 Å². The van der Waals surface area contributed by atoms with Crippen molar-refractivity contribution >= 4 is 34.5 Å². The molecule has 146 valence electrons.